The summed E-state index contributed by atoms with van der Waals surface area (Å²) in [6.07, 6.45) is 7.28. The van der Waals surface area contributed by atoms with Gasteiger partial charge in [0.2, 0.25) is 0 Å². The normalized spacial score (nSPS) is 43.4. The van der Waals surface area contributed by atoms with E-state index in [0.29, 0.717) is 23.7 Å². The summed E-state index contributed by atoms with van der Waals surface area (Å²) in [6, 6.07) is 4.91. The van der Waals surface area contributed by atoms with E-state index in [2.05, 4.69) is 17.0 Å². The smallest absolute Gasteiger partial charge is 0.177 e. The van der Waals surface area contributed by atoms with Crippen molar-refractivity contribution in [2.24, 2.45) is 23.7 Å². The maximum Gasteiger partial charge on any atom is 0.177 e. The first-order valence-corrected chi connectivity index (χ1v) is 10.9. The van der Waals surface area contributed by atoms with Gasteiger partial charge in [-0.05, 0) is 68.0 Å². The van der Waals surface area contributed by atoms with Crippen LogP contribution in [0.2, 0.25) is 0 Å². The number of Topliss-reactive ketones (excluding diaryl/α,β-unsaturated/α-hetero) is 1. The number of ketones is 1. The summed E-state index contributed by atoms with van der Waals surface area (Å²) in [5, 5.41) is 0. The number of fused-ring (bicyclic) bond motifs is 1. The molecule has 4 fully saturated rings. The predicted molar refractivity (Wildman–Crippen MR) is 100 cm³/mol. The first kappa shape index (κ1) is 15.4. The van der Waals surface area contributed by atoms with E-state index in [1.165, 1.54) is 36.9 Å². The average Bonchev–Trinajstić information content (AvgIpc) is 3.36. The fourth-order valence-electron chi connectivity index (χ4n) is 7.57. The fourth-order valence-corrected chi connectivity index (χ4v) is 7.57. The molecule has 142 valence electrons. The molecule has 1 aromatic rings. The number of hydrogen-bond donors (Lipinski definition) is 0. The Kier molecular flexibility index (Phi) is 2.78. The molecule has 27 heavy (non-hydrogen) atoms. The zero-order chi connectivity index (χ0) is 17.9. The SMILES string of the molecule is COc1ccc2c3c1OC1C(=O)[C@@H]4C[C@@H]4C4C(C2)N(CC2CCC2)CCC314. The Labute approximate surface area is 160 Å². The minimum Gasteiger partial charge on any atom is -0.493 e. The second-order valence-electron chi connectivity index (χ2n) is 9.92. The molecule has 3 saturated carbocycles. The van der Waals surface area contributed by atoms with Gasteiger partial charge >= 0.3 is 0 Å². The van der Waals surface area contributed by atoms with Gasteiger partial charge in [0.15, 0.2) is 23.4 Å². The highest BCUT2D eigenvalue weighted by atomic mass is 16.5. The van der Waals surface area contributed by atoms with E-state index in [1.54, 1.807) is 7.11 Å². The van der Waals surface area contributed by atoms with Gasteiger partial charge in [-0.2, -0.15) is 0 Å². The van der Waals surface area contributed by atoms with Gasteiger partial charge < -0.3 is 9.47 Å². The minimum atomic E-state index is -0.259. The molecule has 0 radical (unpaired) electrons. The van der Waals surface area contributed by atoms with Crippen molar-refractivity contribution in [2.45, 2.75) is 56.1 Å². The Hall–Kier alpha value is -1.55. The second kappa shape index (κ2) is 4.89. The van der Waals surface area contributed by atoms with E-state index in [1.807, 2.05) is 0 Å². The summed E-state index contributed by atoms with van der Waals surface area (Å²) in [5.41, 5.74) is 2.70. The molecule has 2 bridgehead atoms. The lowest BCUT2D eigenvalue weighted by Crippen LogP contribution is -2.67. The largest absolute Gasteiger partial charge is 0.493 e. The lowest BCUT2D eigenvalue weighted by molar-refractivity contribution is -0.140. The van der Waals surface area contributed by atoms with Crippen molar-refractivity contribution in [2.75, 3.05) is 20.2 Å². The number of rotatable bonds is 3. The van der Waals surface area contributed by atoms with Crippen LogP contribution in [0.15, 0.2) is 12.1 Å². The highest BCUT2D eigenvalue weighted by Crippen LogP contribution is 2.70. The molecule has 0 amide bonds. The highest BCUT2D eigenvalue weighted by Gasteiger charge is 2.74. The molecule has 0 N–H and O–H groups in total. The Morgan fingerprint density at radius 2 is 2.22 bits per heavy atom. The van der Waals surface area contributed by atoms with E-state index in [9.17, 15) is 4.79 Å². The molecule has 4 heteroatoms. The van der Waals surface area contributed by atoms with Gasteiger partial charge in [0.1, 0.15) is 0 Å². The standard InChI is InChI=1S/C23H27NO3/c1-26-17-6-5-13-9-16-19-14-10-15(14)20(25)22-23(19,18(13)21(17)27-22)7-8-24(16)11-12-3-2-4-12/h5-6,12,14-16,19,22H,2-4,7-11H2,1H3/t14-,15+,16?,19?,22?,23?/m0/s1. The summed E-state index contributed by atoms with van der Waals surface area (Å²) in [6.45, 7) is 2.39. The van der Waals surface area contributed by atoms with Crippen LogP contribution >= 0.6 is 0 Å². The molecule has 1 aromatic carbocycles. The number of ether oxygens (including phenoxy) is 2. The third-order valence-electron chi connectivity index (χ3n) is 8.96. The maximum absolute atomic E-state index is 13.2. The van der Waals surface area contributed by atoms with Gasteiger partial charge in [-0.3, -0.25) is 9.69 Å². The predicted octanol–water partition coefficient (Wildman–Crippen LogP) is 2.96. The number of carbonyl (C=O) groups is 1. The van der Waals surface area contributed by atoms with Crippen LogP contribution in [0.1, 0.15) is 43.2 Å². The lowest BCUT2D eigenvalue weighted by Gasteiger charge is -2.58. The van der Waals surface area contributed by atoms with Crippen molar-refractivity contribution in [3.63, 3.8) is 0 Å². The molecule has 4 aliphatic carbocycles. The van der Waals surface area contributed by atoms with Crippen molar-refractivity contribution in [3.05, 3.63) is 23.3 Å². The summed E-state index contributed by atoms with van der Waals surface area (Å²) in [5.74, 6) is 4.45. The number of carbonyl (C=O) groups excluding carboxylic acids is 1. The van der Waals surface area contributed by atoms with E-state index < -0.39 is 0 Å². The van der Waals surface area contributed by atoms with Gasteiger partial charge in [0.25, 0.3) is 0 Å². The van der Waals surface area contributed by atoms with Gasteiger partial charge in [0.05, 0.1) is 7.11 Å². The van der Waals surface area contributed by atoms with Crippen LogP contribution in [0, 0.1) is 23.7 Å². The van der Waals surface area contributed by atoms with Crippen LogP contribution in [0.4, 0.5) is 0 Å². The van der Waals surface area contributed by atoms with Crippen molar-refractivity contribution >= 4 is 5.78 Å². The van der Waals surface area contributed by atoms with Gasteiger partial charge in [-0.15, -0.1) is 0 Å². The number of piperidine rings is 1. The van der Waals surface area contributed by atoms with Crippen molar-refractivity contribution in [1.82, 2.24) is 4.90 Å². The second-order valence-corrected chi connectivity index (χ2v) is 9.92. The maximum atomic E-state index is 13.2. The first-order valence-electron chi connectivity index (χ1n) is 10.9. The molecule has 2 aliphatic heterocycles. The van der Waals surface area contributed by atoms with Crippen molar-refractivity contribution in [1.29, 1.82) is 0 Å². The summed E-state index contributed by atoms with van der Waals surface area (Å²) in [7, 11) is 1.71. The third-order valence-corrected chi connectivity index (χ3v) is 8.96. The average molecular weight is 365 g/mol. The van der Waals surface area contributed by atoms with Crippen LogP contribution < -0.4 is 9.47 Å². The van der Waals surface area contributed by atoms with Crippen LogP contribution in [0.5, 0.6) is 11.5 Å². The van der Waals surface area contributed by atoms with E-state index in [4.69, 9.17) is 9.47 Å². The quantitative estimate of drug-likeness (QED) is 0.826. The van der Waals surface area contributed by atoms with Crippen LogP contribution in [-0.2, 0) is 16.6 Å². The Balaban J connectivity index is 1.40. The molecular formula is C23H27NO3. The van der Waals surface area contributed by atoms with E-state index in [-0.39, 0.29) is 17.4 Å². The van der Waals surface area contributed by atoms with Crippen LogP contribution in [-0.4, -0.2) is 43.0 Å². The van der Waals surface area contributed by atoms with Crippen molar-refractivity contribution in [3.8, 4) is 11.5 Å². The highest BCUT2D eigenvalue weighted by molar-refractivity contribution is 5.93. The number of likely N-dealkylation sites (tertiary alicyclic amines) is 1. The van der Waals surface area contributed by atoms with Gasteiger partial charge in [-0.1, -0.05) is 12.5 Å². The zero-order valence-electron chi connectivity index (χ0n) is 15.9. The summed E-state index contributed by atoms with van der Waals surface area (Å²) in [4.78, 5) is 16.0. The van der Waals surface area contributed by atoms with E-state index in [0.717, 1.165) is 43.2 Å². The number of nitrogens with zero attached hydrogens (tertiary/aromatic N) is 1. The molecule has 4 unspecified atom stereocenters. The van der Waals surface area contributed by atoms with Gasteiger partial charge in [-0.25, -0.2) is 0 Å². The molecule has 6 aliphatic rings. The third kappa shape index (κ3) is 1.69. The molecule has 6 atom stereocenters. The Bertz CT molecular complexity index is 861. The molecule has 0 aromatic heterocycles. The Morgan fingerprint density at radius 1 is 1.33 bits per heavy atom. The monoisotopic (exact) mass is 365 g/mol. The molecule has 2 heterocycles. The fraction of sp³-hybridized carbons (Fsp3) is 0.696. The van der Waals surface area contributed by atoms with Crippen LogP contribution in [0.3, 0.4) is 0 Å². The summed E-state index contributed by atoms with van der Waals surface area (Å²) < 4.78 is 12.1. The van der Waals surface area contributed by atoms with Gasteiger partial charge in [0, 0.05) is 29.5 Å². The molecule has 4 nitrogen and oxygen atoms in total. The number of benzene rings is 1. The molecule has 1 saturated heterocycles. The topological polar surface area (TPSA) is 38.8 Å². The summed E-state index contributed by atoms with van der Waals surface area (Å²) >= 11 is 0. The minimum absolute atomic E-state index is 0.0764. The Morgan fingerprint density at radius 3 is 3.00 bits per heavy atom. The van der Waals surface area contributed by atoms with Crippen molar-refractivity contribution < 1.29 is 14.3 Å². The molecular weight excluding hydrogens is 338 g/mol. The molecule has 7 rings (SSSR count). The van der Waals surface area contributed by atoms with Crippen LogP contribution in [0.25, 0.3) is 0 Å². The lowest BCUT2D eigenvalue weighted by atomic mass is 9.51. The number of methoxy groups -OCH3 is 1. The first-order chi connectivity index (χ1) is 13.2. The molecule has 1 spiro atoms. The number of hydrogen-bond acceptors (Lipinski definition) is 4. The van der Waals surface area contributed by atoms with E-state index >= 15 is 0 Å². The zero-order valence-corrected chi connectivity index (χ0v) is 15.9.